The van der Waals surface area contributed by atoms with E-state index in [0.717, 1.165) is 4.88 Å². The second-order valence-corrected chi connectivity index (χ2v) is 7.57. The average Bonchev–Trinajstić information content (AvgIpc) is 3.19. The summed E-state index contributed by atoms with van der Waals surface area (Å²) in [6.07, 6.45) is 1.82. The fourth-order valence-corrected chi connectivity index (χ4v) is 4.35. The zero-order valence-corrected chi connectivity index (χ0v) is 13.9. The van der Waals surface area contributed by atoms with Gasteiger partial charge in [0.25, 0.3) is 0 Å². The van der Waals surface area contributed by atoms with E-state index in [-0.39, 0.29) is 12.8 Å². The van der Waals surface area contributed by atoms with Gasteiger partial charge in [-0.1, -0.05) is 0 Å². The van der Waals surface area contributed by atoms with Gasteiger partial charge in [-0.25, -0.2) is 4.98 Å². The van der Waals surface area contributed by atoms with Crippen molar-refractivity contribution in [3.05, 3.63) is 33.2 Å². The van der Waals surface area contributed by atoms with Gasteiger partial charge in [-0.05, 0) is 30.9 Å². The Labute approximate surface area is 140 Å². The summed E-state index contributed by atoms with van der Waals surface area (Å²) in [6.45, 7) is 1.88. The van der Waals surface area contributed by atoms with Crippen LogP contribution < -0.4 is 5.32 Å². The summed E-state index contributed by atoms with van der Waals surface area (Å²) in [5, 5.41) is 24.7. The number of carbonyl (C=O) groups is 2. The van der Waals surface area contributed by atoms with E-state index in [9.17, 15) is 19.8 Å². The molecule has 0 bridgehead atoms. The van der Waals surface area contributed by atoms with Crippen molar-refractivity contribution in [2.24, 2.45) is 5.92 Å². The quantitative estimate of drug-likeness (QED) is 0.750. The van der Waals surface area contributed by atoms with Crippen LogP contribution in [0.3, 0.4) is 0 Å². The predicted octanol–water partition coefficient (Wildman–Crippen LogP) is 1.71. The zero-order chi connectivity index (χ0) is 16.6. The first-order valence-electron chi connectivity index (χ1n) is 6.97. The third-order valence-corrected chi connectivity index (χ3v) is 5.60. The van der Waals surface area contributed by atoms with Gasteiger partial charge in [0.1, 0.15) is 10.5 Å². The van der Waals surface area contributed by atoms with Gasteiger partial charge in [0.05, 0.1) is 17.7 Å². The molecule has 0 aromatic carbocycles. The third kappa shape index (κ3) is 2.99. The Kier molecular flexibility index (Phi) is 4.17. The lowest BCUT2D eigenvalue weighted by molar-refractivity contribution is -0.145. The smallest absolute Gasteiger partial charge is 0.324 e. The van der Waals surface area contributed by atoms with Crippen molar-refractivity contribution in [2.45, 2.75) is 31.3 Å². The van der Waals surface area contributed by atoms with Crippen LogP contribution in [0.5, 0.6) is 0 Å². The molecule has 1 saturated heterocycles. The Morgan fingerprint density at radius 1 is 1.48 bits per heavy atom. The molecule has 0 radical (unpaired) electrons. The molecule has 0 spiro atoms. The molecule has 0 saturated carbocycles. The Morgan fingerprint density at radius 3 is 2.78 bits per heavy atom. The van der Waals surface area contributed by atoms with Crippen molar-refractivity contribution in [3.8, 4) is 0 Å². The average molecular weight is 353 g/mol. The van der Waals surface area contributed by atoms with Gasteiger partial charge in [-0.15, -0.1) is 11.3 Å². The van der Waals surface area contributed by atoms with Crippen LogP contribution in [-0.2, 0) is 16.0 Å². The minimum absolute atomic E-state index is 0.00150. The molecule has 3 atom stereocenters. The molecule has 23 heavy (non-hydrogen) atoms. The van der Waals surface area contributed by atoms with Crippen LogP contribution in [0.15, 0.2) is 17.6 Å². The van der Waals surface area contributed by atoms with Gasteiger partial charge in [0.2, 0.25) is 0 Å². The number of carboxylic acid groups (broad SMARTS) is 2. The minimum Gasteiger partial charge on any atom is -0.481 e. The molecule has 3 rings (SSSR count). The maximum absolute atomic E-state index is 11.9. The number of hydrogen-bond donors (Lipinski definition) is 3. The lowest BCUT2D eigenvalue weighted by Gasteiger charge is -2.24. The highest BCUT2D eigenvalue weighted by Gasteiger charge is 2.54. The van der Waals surface area contributed by atoms with Crippen molar-refractivity contribution in [1.82, 2.24) is 14.7 Å². The molecule has 0 aliphatic carbocycles. The first kappa shape index (κ1) is 16.0. The lowest BCUT2D eigenvalue weighted by atomic mass is 9.87. The Bertz CT molecular complexity index is 730. The molecule has 0 amide bonds. The Morgan fingerprint density at radius 2 is 2.26 bits per heavy atom. The van der Waals surface area contributed by atoms with Crippen LogP contribution in [-0.4, -0.2) is 37.0 Å². The Balaban J connectivity index is 1.96. The van der Waals surface area contributed by atoms with Crippen LogP contribution in [0.2, 0.25) is 0 Å². The standard InChI is InChI=1S/C14H15N3O4S2/c1-7-6-15-11(23-7)10-9(12(18)19)5-14(16-10,13(20)21)4-8-2-3-22-17-8/h2-3,6,9-10,16H,4-5H2,1H3,(H,18,19)(H,20,21)/t9-,10+,14-/m0/s1. The molecule has 2 aromatic rings. The summed E-state index contributed by atoms with van der Waals surface area (Å²) in [7, 11) is 0. The SMILES string of the molecule is Cc1cnc([C@@H]2N[C@](Cc3ccsn3)(C(=O)O)C[C@@H]2C(=O)O)s1. The molecular weight excluding hydrogens is 338 g/mol. The highest BCUT2D eigenvalue weighted by molar-refractivity contribution is 7.11. The second-order valence-electron chi connectivity index (χ2n) is 5.63. The summed E-state index contributed by atoms with van der Waals surface area (Å²) in [6, 6.07) is 1.15. The molecule has 1 aliphatic heterocycles. The van der Waals surface area contributed by atoms with Crippen LogP contribution in [0.1, 0.15) is 28.0 Å². The van der Waals surface area contributed by atoms with Crippen LogP contribution >= 0.6 is 22.9 Å². The number of aryl methyl sites for hydroxylation is 1. The monoisotopic (exact) mass is 353 g/mol. The maximum atomic E-state index is 11.9. The summed E-state index contributed by atoms with van der Waals surface area (Å²) in [4.78, 5) is 28.7. The molecule has 122 valence electrons. The van der Waals surface area contributed by atoms with Crippen molar-refractivity contribution >= 4 is 34.8 Å². The summed E-state index contributed by atoms with van der Waals surface area (Å²) >= 11 is 2.63. The van der Waals surface area contributed by atoms with E-state index < -0.39 is 29.4 Å². The summed E-state index contributed by atoms with van der Waals surface area (Å²) in [5.41, 5.74) is -0.702. The number of carboxylic acids is 2. The fraction of sp³-hybridized carbons (Fsp3) is 0.429. The number of thiazole rings is 1. The minimum atomic E-state index is -1.35. The van der Waals surface area contributed by atoms with Crippen molar-refractivity contribution < 1.29 is 19.8 Å². The van der Waals surface area contributed by atoms with E-state index in [2.05, 4.69) is 14.7 Å². The molecule has 0 unspecified atom stereocenters. The first-order chi connectivity index (χ1) is 10.9. The molecule has 9 heteroatoms. The normalized spacial score (nSPS) is 27.2. The van der Waals surface area contributed by atoms with Gasteiger partial charge >= 0.3 is 11.9 Å². The second kappa shape index (κ2) is 5.99. The first-order valence-corrected chi connectivity index (χ1v) is 8.62. The summed E-state index contributed by atoms with van der Waals surface area (Å²) < 4.78 is 4.16. The number of aromatic nitrogens is 2. The Hall–Kier alpha value is -1.84. The van der Waals surface area contributed by atoms with E-state index in [4.69, 9.17) is 0 Å². The summed E-state index contributed by atoms with van der Waals surface area (Å²) in [5.74, 6) is -2.92. The van der Waals surface area contributed by atoms with E-state index in [1.807, 2.05) is 6.92 Å². The highest BCUT2D eigenvalue weighted by atomic mass is 32.1. The van der Waals surface area contributed by atoms with E-state index in [1.54, 1.807) is 17.6 Å². The van der Waals surface area contributed by atoms with Crippen LogP contribution in [0.25, 0.3) is 0 Å². The molecule has 2 aromatic heterocycles. The van der Waals surface area contributed by atoms with Gasteiger partial charge in [-0.2, -0.15) is 4.37 Å². The number of nitrogens with one attached hydrogen (secondary N) is 1. The predicted molar refractivity (Wildman–Crippen MR) is 84.7 cm³/mol. The topological polar surface area (TPSA) is 112 Å². The number of hydrogen-bond acceptors (Lipinski definition) is 7. The molecule has 3 heterocycles. The highest BCUT2D eigenvalue weighted by Crippen LogP contribution is 2.41. The van der Waals surface area contributed by atoms with Crippen molar-refractivity contribution in [3.63, 3.8) is 0 Å². The van der Waals surface area contributed by atoms with E-state index >= 15 is 0 Å². The molecule has 7 nitrogen and oxygen atoms in total. The van der Waals surface area contributed by atoms with Gasteiger partial charge in [-0.3, -0.25) is 14.9 Å². The fourth-order valence-electron chi connectivity index (χ4n) is 2.92. The van der Waals surface area contributed by atoms with E-state index in [1.165, 1.54) is 22.9 Å². The van der Waals surface area contributed by atoms with Gasteiger partial charge < -0.3 is 10.2 Å². The number of aliphatic carboxylic acids is 2. The van der Waals surface area contributed by atoms with Crippen molar-refractivity contribution in [1.29, 1.82) is 0 Å². The molecule has 1 fully saturated rings. The van der Waals surface area contributed by atoms with E-state index in [0.29, 0.717) is 10.7 Å². The van der Waals surface area contributed by atoms with Crippen LogP contribution in [0, 0.1) is 12.8 Å². The van der Waals surface area contributed by atoms with Crippen molar-refractivity contribution in [2.75, 3.05) is 0 Å². The third-order valence-electron chi connectivity index (χ3n) is 4.01. The van der Waals surface area contributed by atoms with Gasteiger partial charge in [0, 0.05) is 22.9 Å². The largest absolute Gasteiger partial charge is 0.481 e. The molecule has 3 N–H and O–H groups in total. The molecule has 1 aliphatic rings. The van der Waals surface area contributed by atoms with Gasteiger partial charge in [0.15, 0.2) is 0 Å². The lowest BCUT2D eigenvalue weighted by Crippen LogP contribution is -2.50. The number of nitrogens with zero attached hydrogens (tertiary/aromatic N) is 2. The maximum Gasteiger partial charge on any atom is 0.324 e. The number of rotatable bonds is 5. The van der Waals surface area contributed by atoms with Crippen LogP contribution in [0.4, 0.5) is 0 Å². The molecular formula is C14H15N3O4S2. The zero-order valence-electron chi connectivity index (χ0n) is 12.2.